The predicted octanol–water partition coefficient (Wildman–Crippen LogP) is 4.07. The van der Waals surface area contributed by atoms with Gasteiger partial charge < -0.3 is 14.7 Å². The largest absolute Gasteiger partial charge is 0.508 e. The number of para-hydroxylation sites is 1. The summed E-state index contributed by atoms with van der Waals surface area (Å²) in [6.45, 7) is 5.45. The second kappa shape index (κ2) is 5.99. The number of hydrogen-bond donors (Lipinski definition) is 1. The molecule has 1 fully saturated rings. The van der Waals surface area contributed by atoms with Crippen molar-refractivity contribution in [2.75, 3.05) is 19.6 Å². The molecular formula is C21H23NO2. The Kier molecular flexibility index (Phi) is 3.81. The summed E-state index contributed by atoms with van der Waals surface area (Å²) < 4.78 is 6.48. The number of likely N-dealkylation sites (tertiary alicyclic amines) is 1. The average Bonchev–Trinajstić information content (AvgIpc) is 2.62. The van der Waals surface area contributed by atoms with Crippen LogP contribution in [-0.4, -0.2) is 35.2 Å². The summed E-state index contributed by atoms with van der Waals surface area (Å²) in [5, 5.41) is 9.60. The molecule has 0 unspecified atom stereocenters. The number of phenols is 1. The van der Waals surface area contributed by atoms with Gasteiger partial charge >= 0.3 is 0 Å². The number of nitrogens with zero attached hydrogens (tertiary/aromatic N) is 1. The van der Waals surface area contributed by atoms with E-state index in [0.717, 1.165) is 49.4 Å². The molecule has 0 aromatic heterocycles. The molecule has 1 spiro atoms. The molecule has 2 heterocycles. The van der Waals surface area contributed by atoms with Gasteiger partial charge in [-0.05, 0) is 42.0 Å². The van der Waals surface area contributed by atoms with Crippen molar-refractivity contribution < 1.29 is 9.84 Å². The predicted molar refractivity (Wildman–Crippen MR) is 96.3 cm³/mol. The molecule has 3 nitrogen and oxygen atoms in total. The number of rotatable bonds is 2. The standard InChI is InChI=1S/C21H23NO2/c1-2-22-13-11-21(12-14-22)15-19(16-7-9-17(23)10-8-16)18-5-3-4-6-20(18)24-21/h3-10,15,23H,2,11-14H2,1H3. The molecule has 2 aliphatic heterocycles. The zero-order chi connectivity index (χ0) is 16.6. The first-order valence-corrected chi connectivity index (χ1v) is 8.72. The fraction of sp³-hybridized carbons (Fsp3) is 0.333. The van der Waals surface area contributed by atoms with Crippen LogP contribution in [0.5, 0.6) is 11.5 Å². The van der Waals surface area contributed by atoms with E-state index >= 15 is 0 Å². The third-order valence-corrected chi connectivity index (χ3v) is 5.23. The maximum absolute atomic E-state index is 9.60. The molecule has 1 saturated heterocycles. The van der Waals surface area contributed by atoms with Gasteiger partial charge in [-0.25, -0.2) is 0 Å². The summed E-state index contributed by atoms with van der Waals surface area (Å²) in [6, 6.07) is 15.7. The van der Waals surface area contributed by atoms with Gasteiger partial charge in [-0.2, -0.15) is 0 Å². The van der Waals surface area contributed by atoms with E-state index in [1.54, 1.807) is 12.1 Å². The summed E-state index contributed by atoms with van der Waals surface area (Å²) >= 11 is 0. The highest BCUT2D eigenvalue weighted by molar-refractivity contribution is 5.85. The highest BCUT2D eigenvalue weighted by Gasteiger charge is 2.38. The van der Waals surface area contributed by atoms with E-state index in [9.17, 15) is 5.11 Å². The lowest BCUT2D eigenvalue weighted by molar-refractivity contribution is 0.0401. The van der Waals surface area contributed by atoms with Gasteiger partial charge in [0.1, 0.15) is 17.1 Å². The van der Waals surface area contributed by atoms with Crippen molar-refractivity contribution in [1.29, 1.82) is 0 Å². The third-order valence-electron chi connectivity index (χ3n) is 5.23. The van der Waals surface area contributed by atoms with Gasteiger partial charge in [0.15, 0.2) is 0 Å². The molecule has 0 amide bonds. The Balaban J connectivity index is 1.77. The number of aromatic hydroxyl groups is 1. The van der Waals surface area contributed by atoms with Crippen molar-refractivity contribution in [3.8, 4) is 11.5 Å². The van der Waals surface area contributed by atoms with Crippen molar-refractivity contribution in [3.05, 3.63) is 65.7 Å². The van der Waals surface area contributed by atoms with E-state index in [4.69, 9.17) is 4.74 Å². The molecule has 124 valence electrons. The molecule has 0 saturated carbocycles. The molecule has 24 heavy (non-hydrogen) atoms. The quantitative estimate of drug-likeness (QED) is 0.905. The Bertz CT molecular complexity index is 756. The summed E-state index contributed by atoms with van der Waals surface area (Å²) in [5.41, 5.74) is 3.25. The van der Waals surface area contributed by atoms with Crippen LogP contribution in [0.2, 0.25) is 0 Å². The van der Waals surface area contributed by atoms with Gasteiger partial charge in [-0.15, -0.1) is 0 Å². The smallest absolute Gasteiger partial charge is 0.130 e. The van der Waals surface area contributed by atoms with Crippen molar-refractivity contribution >= 4 is 5.57 Å². The molecule has 3 heteroatoms. The van der Waals surface area contributed by atoms with Crippen LogP contribution in [0.4, 0.5) is 0 Å². The number of phenolic OH excluding ortho intramolecular Hbond substituents is 1. The molecule has 2 aromatic rings. The van der Waals surface area contributed by atoms with Crippen molar-refractivity contribution in [2.45, 2.75) is 25.4 Å². The van der Waals surface area contributed by atoms with Gasteiger partial charge in [0.25, 0.3) is 0 Å². The zero-order valence-corrected chi connectivity index (χ0v) is 14.0. The van der Waals surface area contributed by atoms with Gasteiger partial charge in [0.2, 0.25) is 0 Å². The lowest BCUT2D eigenvalue weighted by Crippen LogP contribution is -2.47. The fourth-order valence-electron chi connectivity index (χ4n) is 3.74. The SMILES string of the molecule is CCN1CCC2(C=C(c3ccc(O)cc3)c3ccccc3O2)CC1. The Morgan fingerprint density at radius 2 is 1.75 bits per heavy atom. The van der Waals surface area contributed by atoms with Crippen LogP contribution < -0.4 is 4.74 Å². The Morgan fingerprint density at radius 3 is 2.46 bits per heavy atom. The Hall–Kier alpha value is -2.26. The van der Waals surface area contributed by atoms with Crippen LogP contribution >= 0.6 is 0 Å². The van der Waals surface area contributed by atoms with Crippen molar-refractivity contribution in [3.63, 3.8) is 0 Å². The maximum atomic E-state index is 9.60. The average molecular weight is 321 g/mol. The van der Waals surface area contributed by atoms with Crippen LogP contribution in [0.25, 0.3) is 5.57 Å². The Morgan fingerprint density at radius 1 is 1.04 bits per heavy atom. The second-order valence-corrected chi connectivity index (χ2v) is 6.70. The van der Waals surface area contributed by atoms with E-state index in [-0.39, 0.29) is 5.60 Å². The fourth-order valence-corrected chi connectivity index (χ4v) is 3.74. The van der Waals surface area contributed by atoms with Crippen LogP contribution in [0.1, 0.15) is 30.9 Å². The van der Waals surface area contributed by atoms with E-state index in [0.29, 0.717) is 5.75 Å². The van der Waals surface area contributed by atoms with Gasteiger partial charge in [0.05, 0.1) is 0 Å². The first-order chi connectivity index (χ1) is 11.7. The van der Waals surface area contributed by atoms with Crippen molar-refractivity contribution in [1.82, 2.24) is 4.90 Å². The van der Waals surface area contributed by atoms with Crippen LogP contribution in [0.3, 0.4) is 0 Å². The molecular weight excluding hydrogens is 298 g/mol. The monoisotopic (exact) mass is 321 g/mol. The first-order valence-electron chi connectivity index (χ1n) is 8.72. The first kappa shape index (κ1) is 15.3. The summed E-state index contributed by atoms with van der Waals surface area (Å²) in [7, 11) is 0. The van der Waals surface area contributed by atoms with Crippen LogP contribution in [0.15, 0.2) is 54.6 Å². The van der Waals surface area contributed by atoms with E-state index in [2.05, 4.69) is 30.0 Å². The van der Waals surface area contributed by atoms with E-state index < -0.39 is 0 Å². The molecule has 0 atom stereocenters. The van der Waals surface area contributed by atoms with E-state index in [1.807, 2.05) is 24.3 Å². The second-order valence-electron chi connectivity index (χ2n) is 6.70. The summed E-state index contributed by atoms with van der Waals surface area (Å²) in [5.74, 6) is 1.26. The van der Waals surface area contributed by atoms with Crippen molar-refractivity contribution in [2.24, 2.45) is 0 Å². The van der Waals surface area contributed by atoms with Gasteiger partial charge in [-0.3, -0.25) is 0 Å². The summed E-state index contributed by atoms with van der Waals surface area (Å²) in [6.07, 6.45) is 4.34. The minimum atomic E-state index is -0.215. The lowest BCUT2D eigenvalue weighted by Gasteiger charge is -2.43. The van der Waals surface area contributed by atoms with Gasteiger partial charge in [0, 0.05) is 31.5 Å². The Labute approximate surface area is 143 Å². The minimum absolute atomic E-state index is 0.215. The molecule has 0 radical (unpaired) electrons. The van der Waals surface area contributed by atoms with Crippen LogP contribution in [0, 0.1) is 0 Å². The molecule has 4 rings (SSSR count). The third kappa shape index (κ3) is 2.69. The molecule has 1 N–H and O–H groups in total. The van der Waals surface area contributed by atoms with Crippen LogP contribution in [-0.2, 0) is 0 Å². The highest BCUT2D eigenvalue weighted by atomic mass is 16.5. The molecule has 0 bridgehead atoms. The molecule has 0 aliphatic carbocycles. The number of benzene rings is 2. The highest BCUT2D eigenvalue weighted by Crippen LogP contribution is 2.43. The zero-order valence-electron chi connectivity index (χ0n) is 14.0. The maximum Gasteiger partial charge on any atom is 0.130 e. The molecule has 2 aromatic carbocycles. The lowest BCUT2D eigenvalue weighted by atomic mass is 9.83. The molecule has 2 aliphatic rings. The number of fused-ring (bicyclic) bond motifs is 1. The topological polar surface area (TPSA) is 32.7 Å². The number of piperidine rings is 1. The number of ether oxygens (including phenoxy) is 1. The van der Waals surface area contributed by atoms with Gasteiger partial charge in [-0.1, -0.05) is 37.3 Å². The normalized spacial score (nSPS) is 19.5. The van der Waals surface area contributed by atoms with E-state index in [1.165, 1.54) is 5.57 Å². The minimum Gasteiger partial charge on any atom is -0.508 e. The summed E-state index contributed by atoms with van der Waals surface area (Å²) in [4.78, 5) is 2.48. The number of hydrogen-bond acceptors (Lipinski definition) is 3.